The quantitative estimate of drug-likeness (QED) is 0.733. The van der Waals surface area contributed by atoms with Crippen LogP contribution in [0.1, 0.15) is 44.9 Å². The number of hydrogen-bond acceptors (Lipinski definition) is 4. The summed E-state index contributed by atoms with van der Waals surface area (Å²) in [5, 5.41) is 3.01. The van der Waals surface area contributed by atoms with E-state index >= 15 is 0 Å². The summed E-state index contributed by atoms with van der Waals surface area (Å²) in [6.07, 6.45) is 6.33. The van der Waals surface area contributed by atoms with Crippen molar-refractivity contribution in [3.8, 4) is 0 Å². The minimum atomic E-state index is -0.193. The molecule has 7 nitrogen and oxygen atoms in total. The molecule has 3 aliphatic heterocycles. The molecule has 4 aliphatic rings. The highest BCUT2D eigenvalue weighted by molar-refractivity contribution is 5.89. The molecule has 28 heavy (non-hydrogen) atoms. The number of carbonyl (C=O) groups excluding carboxylic acids is 3. The average molecular weight is 392 g/mol. The highest BCUT2D eigenvalue weighted by Crippen LogP contribution is 2.29. The maximum Gasteiger partial charge on any atom is 0.225 e. The van der Waals surface area contributed by atoms with Crippen molar-refractivity contribution in [2.45, 2.75) is 44.9 Å². The third-order valence-electron chi connectivity index (χ3n) is 6.82. The summed E-state index contributed by atoms with van der Waals surface area (Å²) < 4.78 is 5.36. The van der Waals surface area contributed by atoms with E-state index in [0.29, 0.717) is 38.0 Å². The molecule has 3 heterocycles. The number of ether oxygens (including phenoxy) is 1. The lowest BCUT2D eigenvalue weighted by molar-refractivity contribution is -0.140. The van der Waals surface area contributed by atoms with Crippen molar-refractivity contribution in [3.05, 3.63) is 0 Å². The molecule has 156 valence electrons. The Morgan fingerprint density at radius 1 is 0.964 bits per heavy atom. The first kappa shape index (κ1) is 19.7. The zero-order valence-corrected chi connectivity index (χ0v) is 16.7. The Kier molecular flexibility index (Phi) is 6.19. The maximum atomic E-state index is 12.6. The smallest absolute Gasteiger partial charge is 0.225 e. The molecule has 7 heteroatoms. The fraction of sp³-hybridized carbons (Fsp3) is 0.857. The lowest BCUT2D eigenvalue weighted by Crippen LogP contribution is -2.45. The minimum Gasteiger partial charge on any atom is -0.381 e. The van der Waals surface area contributed by atoms with Crippen LogP contribution in [-0.2, 0) is 19.1 Å². The van der Waals surface area contributed by atoms with Crippen LogP contribution in [0.15, 0.2) is 0 Å². The van der Waals surface area contributed by atoms with Gasteiger partial charge in [0.1, 0.15) is 0 Å². The molecule has 0 spiro atoms. The Balaban J connectivity index is 1.19. The van der Waals surface area contributed by atoms with Crippen molar-refractivity contribution in [2.24, 2.45) is 23.7 Å². The molecule has 4 rings (SSSR count). The van der Waals surface area contributed by atoms with Crippen molar-refractivity contribution in [1.82, 2.24) is 15.1 Å². The van der Waals surface area contributed by atoms with E-state index < -0.39 is 0 Å². The summed E-state index contributed by atoms with van der Waals surface area (Å²) in [6.45, 7) is 5.01. The highest BCUT2D eigenvalue weighted by atomic mass is 16.5. The molecule has 1 saturated carbocycles. The Bertz CT molecular complexity index is 592. The molecule has 0 aromatic rings. The van der Waals surface area contributed by atoms with Gasteiger partial charge in [-0.3, -0.25) is 14.4 Å². The molecule has 1 unspecified atom stereocenters. The van der Waals surface area contributed by atoms with Gasteiger partial charge in [0.2, 0.25) is 17.7 Å². The van der Waals surface area contributed by atoms with Gasteiger partial charge in [0.25, 0.3) is 0 Å². The summed E-state index contributed by atoms with van der Waals surface area (Å²) in [6, 6.07) is 0. The number of carbonyl (C=O) groups is 3. The second-order valence-corrected chi connectivity index (χ2v) is 9.04. The van der Waals surface area contributed by atoms with Crippen molar-refractivity contribution < 1.29 is 19.1 Å². The predicted octanol–water partition coefficient (Wildman–Crippen LogP) is 1.03. The van der Waals surface area contributed by atoms with Crippen LogP contribution in [0.2, 0.25) is 0 Å². The lowest BCUT2D eigenvalue weighted by Gasteiger charge is -2.36. The summed E-state index contributed by atoms with van der Waals surface area (Å²) in [5.41, 5.74) is 0. The van der Waals surface area contributed by atoms with Gasteiger partial charge >= 0.3 is 0 Å². The SMILES string of the molecule is O=C(NCC1CC1)C1CC(=O)N(CC2CCN(C(=O)C3CCOCC3)CC2)C1. The Labute approximate surface area is 167 Å². The van der Waals surface area contributed by atoms with Crippen LogP contribution in [0.25, 0.3) is 0 Å². The summed E-state index contributed by atoms with van der Waals surface area (Å²) in [4.78, 5) is 41.2. The second kappa shape index (κ2) is 8.80. The molecular formula is C21H33N3O4. The second-order valence-electron chi connectivity index (χ2n) is 9.04. The standard InChI is InChI=1S/C21H33N3O4/c25-19-11-18(20(26)22-12-15-1-2-15)14-24(19)13-16-3-7-23(8-4-16)21(27)17-5-9-28-10-6-17/h15-18H,1-14H2,(H,22,26). The number of nitrogens with zero attached hydrogens (tertiary/aromatic N) is 2. The number of likely N-dealkylation sites (tertiary alicyclic amines) is 2. The molecule has 0 aromatic carbocycles. The number of hydrogen-bond donors (Lipinski definition) is 1. The fourth-order valence-corrected chi connectivity index (χ4v) is 4.69. The third kappa shape index (κ3) is 4.85. The summed E-state index contributed by atoms with van der Waals surface area (Å²) in [7, 11) is 0. The van der Waals surface area contributed by atoms with Gasteiger partial charge in [-0.25, -0.2) is 0 Å². The molecule has 1 atom stereocenters. The first-order valence-corrected chi connectivity index (χ1v) is 11.0. The highest BCUT2D eigenvalue weighted by Gasteiger charge is 2.37. The van der Waals surface area contributed by atoms with Crippen LogP contribution < -0.4 is 5.32 Å². The number of amides is 3. The molecule has 1 N–H and O–H groups in total. The van der Waals surface area contributed by atoms with Gasteiger partial charge in [0.05, 0.1) is 5.92 Å². The number of piperidine rings is 1. The van der Waals surface area contributed by atoms with E-state index in [0.717, 1.165) is 51.9 Å². The van der Waals surface area contributed by atoms with E-state index in [1.165, 1.54) is 12.8 Å². The predicted molar refractivity (Wildman–Crippen MR) is 103 cm³/mol. The van der Waals surface area contributed by atoms with Crippen LogP contribution in [0.4, 0.5) is 0 Å². The van der Waals surface area contributed by atoms with E-state index in [4.69, 9.17) is 4.74 Å². The zero-order valence-electron chi connectivity index (χ0n) is 16.7. The van der Waals surface area contributed by atoms with E-state index in [9.17, 15) is 14.4 Å². The Morgan fingerprint density at radius 2 is 1.68 bits per heavy atom. The van der Waals surface area contributed by atoms with E-state index in [1.807, 2.05) is 9.80 Å². The van der Waals surface area contributed by atoms with Gasteiger partial charge in [-0.1, -0.05) is 0 Å². The molecule has 0 bridgehead atoms. The minimum absolute atomic E-state index is 0.0413. The number of rotatable bonds is 6. The van der Waals surface area contributed by atoms with Gasteiger partial charge in [-0.05, 0) is 50.4 Å². The van der Waals surface area contributed by atoms with Crippen LogP contribution in [0.3, 0.4) is 0 Å². The summed E-state index contributed by atoms with van der Waals surface area (Å²) >= 11 is 0. The van der Waals surface area contributed by atoms with Gasteiger partial charge in [-0.15, -0.1) is 0 Å². The van der Waals surface area contributed by atoms with Gasteiger partial charge in [0, 0.05) is 58.3 Å². The van der Waals surface area contributed by atoms with Crippen LogP contribution >= 0.6 is 0 Å². The third-order valence-corrected chi connectivity index (χ3v) is 6.82. The monoisotopic (exact) mass is 391 g/mol. The molecule has 1 aliphatic carbocycles. The van der Waals surface area contributed by atoms with Crippen LogP contribution in [0.5, 0.6) is 0 Å². The van der Waals surface area contributed by atoms with Gasteiger partial charge in [-0.2, -0.15) is 0 Å². The Morgan fingerprint density at radius 3 is 2.36 bits per heavy atom. The molecule has 3 amide bonds. The summed E-state index contributed by atoms with van der Waals surface area (Å²) in [5.74, 6) is 1.45. The topological polar surface area (TPSA) is 79.0 Å². The van der Waals surface area contributed by atoms with Crippen molar-refractivity contribution in [3.63, 3.8) is 0 Å². The van der Waals surface area contributed by atoms with E-state index in [1.54, 1.807) is 0 Å². The first-order chi connectivity index (χ1) is 13.6. The van der Waals surface area contributed by atoms with Gasteiger partial charge < -0.3 is 19.9 Å². The Hall–Kier alpha value is -1.63. The van der Waals surface area contributed by atoms with Crippen molar-refractivity contribution in [1.29, 1.82) is 0 Å². The van der Waals surface area contributed by atoms with Crippen LogP contribution in [-0.4, -0.2) is 73.5 Å². The van der Waals surface area contributed by atoms with E-state index in [-0.39, 0.29) is 29.6 Å². The van der Waals surface area contributed by atoms with Crippen molar-refractivity contribution >= 4 is 17.7 Å². The number of nitrogens with one attached hydrogen (secondary N) is 1. The van der Waals surface area contributed by atoms with Gasteiger partial charge in [0.15, 0.2) is 0 Å². The zero-order chi connectivity index (χ0) is 19.5. The molecule has 3 saturated heterocycles. The maximum absolute atomic E-state index is 12.6. The first-order valence-electron chi connectivity index (χ1n) is 11.0. The normalized spacial score (nSPS) is 27.3. The average Bonchev–Trinajstić information content (AvgIpc) is 3.49. The van der Waals surface area contributed by atoms with Crippen molar-refractivity contribution in [2.75, 3.05) is 45.9 Å². The van der Waals surface area contributed by atoms with Crippen LogP contribution in [0, 0.1) is 23.7 Å². The molecule has 4 fully saturated rings. The molecule has 0 radical (unpaired) electrons. The van der Waals surface area contributed by atoms with E-state index in [2.05, 4.69) is 5.32 Å². The molecular weight excluding hydrogens is 358 g/mol. The fourth-order valence-electron chi connectivity index (χ4n) is 4.69. The lowest BCUT2D eigenvalue weighted by atomic mass is 9.93. The molecule has 0 aromatic heterocycles. The largest absolute Gasteiger partial charge is 0.381 e.